The quantitative estimate of drug-likeness (QED) is 0.667. The van der Waals surface area contributed by atoms with E-state index in [0.29, 0.717) is 10.1 Å². The predicted molar refractivity (Wildman–Crippen MR) is 127 cm³/mol. The Labute approximate surface area is 190 Å². The molecule has 6 nitrogen and oxygen atoms in total. The van der Waals surface area contributed by atoms with Gasteiger partial charge >= 0.3 is 5.97 Å². The van der Waals surface area contributed by atoms with E-state index in [1.54, 1.807) is 43.3 Å². The number of likely N-dealkylation sites (N-methyl/N-ethyl adjacent to an activating group) is 1. The Hall–Kier alpha value is -3.58. The van der Waals surface area contributed by atoms with Crippen molar-refractivity contribution in [1.82, 2.24) is 4.90 Å². The fraction of sp³-hybridized carbons (Fsp3) is 0.160. The highest BCUT2D eigenvalue weighted by Crippen LogP contribution is 2.33. The Morgan fingerprint density at radius 2 is 1.81 bits per heavy atom. The topological polar surface area (TPSA) is 79.2 Å². The Morgan fingerprint density at radius 3 is 2.38 bits per heavy atom. The minimum atomic E-state index is -0.944. The van der Waals surface area contributed by atoms with Crippen molar-refractivity contribution < 1.29 is 19.4 Å². The van der Waals surface area contributed by atoms with Crippen molar-refractivity contribution in [3.05, 3.63) is 88.6 Å². The van der Waals surface area contributed by atoms with Gasteiger partial charge in [-0.2, -0.15) is 0 Å². The number of hydrogen-bond acceptors (Lipinski definition) is 5. The monoisotopic (exact) mass is 446 g/mol. The second-order valence-corrected chi connectivity index (χ2v) is 8.37. The number of thioether (sulfide) groups is 1. The zero-order valence-corrected chi connectivity index (χ0v) is 18.5. The van der Waals surface area contributed by atoms with E-state index in [-0.39, 0.29) is 17.5 Å². The Bertz CT molecular complexity index is 1160. The number of aromatic carboxylic acids is 1. The number of nitrogens with zero attached hydrogens (tertiary/aromatic N) is 2. The number of rotatable bonds is 5. The lowest BCUT2D eigenvalue weighted by molar-refractivity contribution is -0.121. The summed E-state index contributed by atoms with van der Waals surface area (Å²) in [4.78, 5) is 30.6. The van der Waals surface area contributed by atoms with Crippen molar-refractivity contribution in [2.45, 2.75) is 12.5 Å². The number of amidine groups is 1. The van der Waals surface area contributed by atoms with Crippen LogP contribution in [0.1, 0.15) is 22.3 Å². The highest BCUT2D eigenvalue weighted by molar-refractivity contribution is 8.18. The summed E-state index contributed by atoms with van der Waals surface area (Å²) in [6, 6.07) is 14.5. The number of carboxylic acids is 1. The van der Waals surface area contributed by atoms with Crippen molar-refractivity contribution in [3.8, 4) is 11.1 Å². The molecule has 0 spiro atoms. The van der Waals surface area contributed by atoms with Crippen LogP contribution >= 0.6 is 11.8 Å². The largest absolute Gasteiger partial charge is 0.497 e. The third kappa shape index (κ3) is 4.68. The highest BCUT2D eigenvalue weighted by Gasteiger charge is 2.30. The number of aliphatic imine (C=N–C) groups is 1. The molecule has 7 heteroatoms. The van der Waals surface area contributed by atoms with Gasteiger partial charge < -0.3 is 9.84 Å². The molecule has 4 rings (SSSR count). The first-order valence-corrected chi connectivity index (χ1v) is 10.9. The third-order valence-electron chi connectivity index (χ3n) is 5.23. The van der Waals surface area contributed by atoms with Crippen LogP contribution in [0.4, 0.5) is 0 Å². The van der Waals surface area contributed by atoms with Gasteiger partial charge in [0.05, 0.1) is 23.6 Å². The molecule has 1 unspecified atom stereocenters. The summed E-state index contributed by atoms with van der Waals surface area (Å²) in [5, 5.41) is 9.71. The lowest BCUT2D eigenvalue weighted by Gasteiger charge is -2.14. The van der Waals surface area contributed by atoms with Gasteiger partial charge in [0.2, 0.25) is 0 Å². The molecule has 2 aromatic rings. The lowest BCUT2D eigenvalue weighted by Crippen LogP contribution is -2.25. The van der Waals surface area contributed by atoms with Gasteiger partial charge in [0.1, 0.15) is 5.76 Å². The summed E-state index contributed by atoms with van der Waals surface area (Å²) >= 11 is 1.37. The van der Waals surface area contributed by atoms with E-state index in [2.05, 4.69) is 0 Å². The molecule has 162 valence electrons. The molecule has 1 aliphatic carbocycles. The van der Waals surface area contributed by atoms with Crippen LogP contribution in [-0.4, -0.2) is 47.2 Å². The molecule has 0 bridgehead atoms. The van der Waals surface area contributed by atoms with E-state index >= 15 is 0 Å². The summed E-state index contributed by atoms with van der Waals surface area (Å²) in [6.45, 7) is 0. The van der Waals surface area contributed by atoms with E-state index in [4.69, 9.17) is 14.8 Å². The Morgan fingerprint density at radius 1 is 1.16 bits per heavy atom. The van der Waals surface area contributed by atoms with Crippen LogP contribution < -0.4 is 0 Å². The smallest absolute Gasteiger partial charge is 0.335 e. The van der Waals surface area contributed by atoms with E-state index < -0.39 is 5.97 Å². The van der Waals surface area contributed by atoms with Crippen molar-refractivity contribution >= 4 is 34.9 Å². The Balaban J connectivity index is 1.48. The number of carboxylic acid groups (broad SMARTS) is 1. The number of amides is 1. The number of hydrogen-bond donors (Lipinski definition) is 1. The maximum atomic E-state index is 12.7. The lowest BCUT2D eigenvalue weighted by atomic mass is 10.0. The van der Waals surface area contributed by atoms with Crippen LogP contribution in [0.5, 0.6) is 0 Å². The van der Waals surface area contributed by atoms with Crippen LogP contribution in [0.15, 0.2) is 82.4 Å². The first-order chi connectivity index (χ1) is 15.4. The molecule has 1 aliphatic heterocycles. The predicted octanol–water partition coefficient (Wildman–Crippen LogP) is 4.81. The van der Waals surface area contributed by atoms with Crippen molar-refractivity contribution in [1.29, 1.82) is 0 Å². The maximum Gasteiger partial charge on any atom is 0.335 e. The number of benzene rings is 2. The summed E-state index contributed by atoms with van der Waals surface area (Å²) in [5.41, 5.74) is 3.07. The molecule has 1 N–H and O–H groups in total. The highest BCUT2D eigenvalue weighted by atomic mass is 32.2. The minimum absolute atomic E-state index is 0.0159. The zero-order chi connectivity index (χ0) is 22.7. The second kappa shape index (κ2) is 9.28. The molecule has 1 atom stereocenters. The van der Waals surface area contributed by atoms with Gasteiger partial charge in [0, 0.05) is 7.05 Å². The van der Waals surface area contributed by atoms with Gasteiger partial charge in [-0.05, 0) is 65.2 Å². The zero-order valence-electron chi connectivity index (χ0n) is 17.7. The molecule has 1 heterocycles. The molecule has 1 saturated heterocycles. The van der Waals surface area contributed by atoms with E-state index in [1.807, 2.05) is 48.6 Å². The minimum Gasteiger partial charge on any atom is -0.497 e. The summed E-state index contributed by atoms with van der Waals surface area (Å²) in [5.74, 6) is -0.192. The first kappa shape index (κ1) is 21.6. The number of methoxy groups -OCH3 is 1. The normalized spacial score (nSPS) is 20.7. The van der Waals surface area contributed by atoms with Crippen LogP contribution in [0.3, 0.4) is 0 Å². The molecule has 0 saturated carbocycles. The summed E-state index contributed by atoms with van der Waals surface area (Å²) in [7, 11) is 3.38. The van der Waals surface area contributed by atoms with Crippen molar-refractivity contribution in [2.24, 2.45) is 4.99 Å². The fourth-order valence-electron chi connectivity index (χ4n) is 3.37. The molecule has 2 aliphatic rings. The average molecular weight is 447 g/mol. The second-order valence-electron chi connectivity index (χ2n) is 7.36. The van der Waals surface area contributed by atoms with Gasteiger partial charge in [-0.1, -0.05) is 42.5 Å². The molecular weight excluding hydrogens is 424 g/mol. The molecule has 32 heavy (non-hydrogen) atoms. The van der Waals surface area contributed by atoms with Crippen LogP contribution in [-0.2, 0) is 9.53 Å². The SMILES string of the molecule is COC1=CCC(/N=C2/S/C(=C\c3ccc(-c4ccc(C(=O)O)cc4)cc3)C(=O)N2C)C=C1. The standard InChI is InChI=1S/C25H22N2O4S/c1-27-23(28)22(32-25(27)26-20-11-13-21(31-2)14-12-20)15-16-3-5-17(6-4-16)18-7-9-19(10-8-18)24(29)30/h3-11,13-15,20H,12H2,1-2H3,(H,29,30)/b22-15-,26-25+. The molecule has 0 radical (unpaired) electrons. The number of carbonyl (C=O) groups is 2. The number of allylic oxidation sites excluding steroid dienone is 1. The van der Waals surface area contributed by atoms with Crippen molar-refractivity contribution in [3.63, 3.8) is 0 Å². The summed E-state index contributed by atoms with van der Waals surface area (Å²) in [6.07, 6.45) is 8.47. The average Bonchev–Trinajstić information content (AvgIpc) is 3.08. The van der Waals surface area contributed by atoms with Gasteiger partial charge in [-0.15, -0.1) is 0 Å². The number of ether oxygens (including phenoxy) is 1. The van der Waals surface area contributed by atoms with E-state index in [9.17, 15) is 9.59 Å². The van der Waals surface area contributed by atoms with Gasteiger partial charge in [-0.3, -0.25) is 14.7 Å². The maximum absolute atomic E-state index is 12.7. The van der Waals surface area contributed by atoms with Crippen LogP contribution in [0.2, 0.25) is 0 Å². The third-order valence-corrected chi connectivity index (χ3v) is 6.31. The van der Waals surface area contributed by atoms with Gasteiger partial charge in [0.15, 0.2) is 5.17 Å². The molecular formula is C25H22N2O4S. The molecule has 1 fully saturated rings. The molecule has 2 aromatic carbocycles. The molecule has 0 aromatic heterocycles. The van der Waals surface area contributed by atoms with Gasteiger partial charge in [0.25, 0.3) is 5.91 Å². The fourth-order valence-corrected chi connectivity index (χ4v) is 4.40. The first-order valence-electron chi connectivity index (χ1n) is 10.1. The Kier molecular flexibility index (Phi) is 6.28. The van der Waals surface area contributed by atoms with E-state index in [1.165, 1.54) is 11.8 Å². The van der Waals surface area contributed by atoms with Gasteiger partial charge in [-0.25, -0.2) is 4.79 Å². The molecule has 1 amide bonds. The van der Waals surface area contributed by atoms with E-state index in [0.717, 1.165) is 28.9 Å². The van der Waals surface area contributed by atoms with Crippen LogP contribution in [0.25, 0.3) is 17.2 Å². The van der Waals surface area contributed by atoms with Crippen LogP contribution in [0, 0.1) is 0 Å². The summed E-state index contributed by atoms with van der Waals surface area (Å²) < 4.78 is 5.21. The number of carbonyl (C=O) groups excluding carboxylic acids is 1. The van der Waals surface area contributed by atoms with Crippen molar-refractivity contribution in [2.75, 3.05) is 14.2 Å².